The Hall–Kier alpha value is -9.12. The van der Waals surface area contributed by atoms with Crippen LogP contribution in [0.2, 0.25) is 0 Å². The zero-order chi connectivity index (χ0) is 46.4. The Morgan fingerprint density at radius 2 is 0.914 bits per heavy atom. The molecule has 1 unspecified atom stereocenters. The van der Waals surface area contributed by atoms with Crippen molar-refractivity contribution in [2.75, 3.05) is 9.80 Å². The molecule has 0 saturated heterocycles. The fraction of sp³-hybridized carbons (Fsp3) is 0.0303. The van der Waals surface area contributed by atoms with Gasteiger partial charge in [0, 0.05) is 55.7 Å². The van der Waals surface area contributed by atoms with Crippen LogP contribution in [0.3, 0.4) is 0 Å². The lowest BCUT2D eigenvalue weighted by molar-refractivity contribution is 0.669. The van der Waals surface area contributed by atoms with Crippen LogP contribution in [0.15, 0.2) is 271 Å². The van der Waals surface area contributed by atoms with Gasteiger partial charge in [-0.05, 0) is 155 Å². The van der Waals surface area contributed by atoms with Crippen LogP contribution in [-0.4, -0.2) is 10.6 Å². The number of nitrogens with zero attached hydrogens (tertiary/aromatic N) is 3. The van der Waals surface area contributed by atoms with Crippen molar-refractivity contribution >= 4 is 77.8 Å². The summed E-state index contributed by atoms with van der Waals surface area (Å²) in [7, 11) is 0. The summed E-state index contributed by atoms with van der Waals surface area (Å²) in [5.74, 6) is 0. The van der Waals surface area contributed by atoms with E-state index in [4.69, 9.17) is 4.42 Å². The molecule has 2 heterocycles. The number of para-hydroxylation sites is 5. The van der Waals surface area contributed by atoms with Gasteiger partial charge in [-0.1, -0.05) is 152 Å². The summed E-state index contributed by atoms with van der Waals surface area (Å²) in [6, 6.07) is 89.5. The first-order chi connectivity index (χ1) is 34.7. The lowest BCUT2D eigenvalue weighted by atomic mass is 9.90. The summed E-state index contributed by atoms with van der Waals surface area (Å²) in [4.78, 5) is 4.82. The quantitative estimate of drug-likeness (QED) is 0.137. The number of benzene rings is 10. The van der Waals surface area contributed by atoms with Crippen molar-refractivity contribution in [3.05, 3.63) is 273 Å². The van der Waals surface area contributed by atoms with Crippen molar-refractivity contribution in [1.82, 2.24) is 4.57 Å². The Morgan fingerprint density at radius 1 is 0.371 bits per heavy atom. The van der Waals surface area contributed by atoms with Crippen LogP contribution in [0, 0.1) is 0 Å². The van der Waals surface area contributed by atoms with Gasteiger partial charge in [-0.3, -0.25) is 0 Å². The normalized spacial score (nSPS) is 13.5. The van der Waals surface area contributed by atoms with Crippen LogP contribution in [0.5, 0.6) is 0 Å². The number of hydrogen-bond acceptors (Lipinski definition) is 3. The lowest BCUT2D eigenvalue weighted by Gasteiger charge is -2.33. The first kappa shape index (κ1) is 41.1. The number of anilines is 5. The molecular weight excluding hydrogens is 851 g/mol. The molecule has 70 heavy (non-hydrogen) atoms. The molecule has 0 amide bonds. The molecule has 1 atom stereocenters. The van der Waals surface area contributed by atoms with E-state index in [1.165, 1.54) is 61.0 Å². The Labute approximate surface area is 407 Å². The van der Waals surface area contributed by atoms with Gasteiger partial charge >= 0.3 is 0 Å². The SMILES string of the molecule is C1=CC(N(c2ccccc2)c2ccc3c(c2)c2ccccc2n3-c2ccccc2)CC=C1c1cc(-c2ccccc2)cc(-c2ccc(N(c3ccccc3)c3ccc4oc5ccccc5c4c3)cc2)c1. The number of furan rings is 1. The zero-order valence-electron chi connectivity index (χ0n) is 38.4. The average Bonchev–Trinajstić information content (AvgIpc) is 3.98. The van der Waals surface area contributed by atoms with Gasteiger partial charge in [-0.2, -0.15) is 0 Å². The summed E-state index contributed by atoms with van der Waals surface area (Å²) in [5.41, 5.74) is 18.0. The Balaban J connectivity index is 0.852. The number of hydrogen-bond donors (Lipinski definition) is 0. The van der Waals surface area contributed by atoms with Gasteiger partial charge in [0.15, 0.2) is 0 Å². The fourth-order valence-electron chi connectivity index (χ4n) is 10.5. The molecule has 2 aromatic heterocycles. The van der Waals surface area contributed by atoms with Crippen molar-refractivity contribution in [2.45, 2.75) is 12.5 Å². The predicted octanol–water partition coefficient (Wildman–Crippen LogP) is 18.0. The second-order valence-electron chi connectivity index (χ2n) is 18.1. The highest BCUT2D eigenvalue weighted by Crippen LogP contribution is 2.42. The molecule has 1 aliphatic carbocycles. The molecule has 12 aromatic rings. The highest BCUT2D eigenvalue weighted by Gasteiger charge is 2.23. The van der Waals surface area contributed by atoms with E-state index in [9.17, 15) is 0 Å². The van der Waals surface area contributed by atoms with E-state index in [2.05, 4.69) is 269 Å². The minimum absolute atomic E-state index is 0.107. The van der Waals surface area contributed by atoms with Crippen LogP contribution in [0.4, 0.5) is 28.4 Å². The van der Waals surface area contributed by atoms with E-state index >= 15 is 0 Å². The molecule has 0 radical (unpaired) electrons. The van der Waals surface area contributed by atoms with E-state index in [0.29, 0.717) is 0 Å². The van der Waals surface area contributed by atoms with Crippen LogP contribution in [0.1, 0.15) is 12.0 Å². The smallest absolute Gasteiger partial charge is 0.135 e. The zero-order valence-corrected chi connectivity index (χ0v) is 38.4. The van der Waals surface area contributed by atoms with E-state index in [1.54, 1.807) is 0 Å². The molecule has 4 heteroatoms. The molecule has 0 bridgehead atoms. The third kappa shape index (κ3) is 7.44. The van der Waals surface area contributed by atoms with Crippen molar-refractivity contribution in [3.8, 4) is 27.9 Å². The number of rotatable bonds is 10. The predicted molar refractivity (Wildman–Crippen MR) is 294 cm³/mol. The van der Waals surface area contributed by atoms with Gasteiger partial charge in [-0.15, -0.1) is 0 Å². The second-order valence-corrected chi connectivity index (χ2v) is 18.1. The van der Waals surface area contributed by atoms with Crippen molar-refractivity contribution in [1.29, 1.82) is 0 Å². The largest absolute Gasteiger partial charge is 0.456 e. The summed E-state index contributed by atoms with van der Waals surface area (Å²) in [5, 5.41) is 4.71. The fourth-order valence-corrected chi connectivity index (χ4v) is 10.5. The van der Waals surface area contributed by atoms with Crippen LogP contribution in [0.25, 0.3) is 77.3 Å². The van der Waals surface area contributed by atoms with Gasteiger partial charge in [0.2, 0.25) is 0 Å². The maximum absolute atomic E-state index is 6.22. The van der Waals surface area contributed by atoms with Crippen molar-refractivity contribution in [3.63, 3.8) is 0 Å². The van der Waals surface area contributed by atoms with Crippen LogP contribution in [-0.2, 0) is 0 Å². The Bertz CT molecular complexity index is 3910. The molecule has 0 aliphatic heterocycles. The van der Waals surface area contributed by atoms with Gasteiger partial charge in [0.05, 0.1) is 17.1 Å². The monoisotopic (exact) mass is 897 g/mol. The van der Waals surface area contributed by atoms with Crippen molar-refractivity contribution in [2.24, 2.45) is 0 Å². The molecule has 332 valence electrons. The summed E-state index contributed by atoms with van der Waals surface area (Å²) >= 11 is 0. The summed E-state index contributed by atoms with van der Waals surface area (Å²) < 4.78 is 8.60. The molecule has 1 aliphatic rings. The summed E-state index contributed by atoms with van der Waals surface area (Å²) in [6.07, 6.45) is 8.00. The van der Waals surface area contributed by atoms with Gasteiger partial charge in [0.25, 0.3) is 0 Å². The van der Waals surface area contributed by atoms with Gasteiger partial charge < -0.3 is 18.8 Å². The van der Waals surface area contributed by atoms with E-state index in [-0.39, 0.29) is 6.04 Å². The van der Waals surface area contributed by atoms with Crippen molar-refractivity contribution < 1.29 is 4.42 Å². The molecule has 0 fully saturated rings. The maximum Gasteiger partial charge on any atom is 0.135 e. The second kappa shape index (κ2) is 17.5. The lowest BCUT2D eigenvalue weighted by Crippen LogP contribution is -2.30. The van der Waals surface area contributed by atoms with Crippen LogP contribution < -0.4 is 9.80 Å². The first-order valence-electron chi connectivity index (χ1n) is 24.1. The minimum atomic E-state index is 0.107. The highest BCUT2D eigenvalue weighted by molar-refractivity contribution is 6.11. The molecular formula is C66H47N3O. The van der Waals surface area contributed by atoms with E-state index in [0.717, 1.165) is 56.7 Å². The third-order valence-corrected chi connectivity index (χ3v) is 13.9. The molecule has 13 rings (SSSR count). The van der Waals surface area contributed by atoms with E-state index in [1.807, 2.05) is 12.1 Å². The molecule has 0 spiro atoms. The number of fused-ring (bicyclic) bond motifs is 6. The molecule has 4 nitrogen and oxygen atoms in total. The van der Waals surface area contributed by atoms with Gasteiger partial charge in [0.1, 0.15) is 11.2 Å². The topological polar surface area (TPSA) is 24.6 Å². The van der Waals surface area contributed by atoms with E-state index < -0.39 is 0 Å². The number of allylic oxidation sites excluding steroid dienone is 2. The highest BCUT2D eigenvalue weighted by atomic mass is 16.3. The first-order valence-corrected chi connectivity index (χ1v) is 24.1. The standard InChI is InChI=1S/C66H47N3O/c1-5-17-46(18-6-1)49-41-50(43-51(42-49)48-31-35-56(36-32-48)68(53-21-9-3-10-22-53)58-38-40-66-62(45-58)60-26-14-16-28-65(60)70-66)47-29-33-55(34-30-47)67(52-19-7-2-8-20-52)57-37-39-64-61(44-57)59-25-13-15-27-63(59)69(64)54-23-11-4-12-24-54/h1-33,35-45,55H,34H2. The molecule has 0 N–H and O–H groups in total. The molecule has 10 aromatic carbocycles. The Morgan fingerprint density at radius 3 is 1.64 bits per heavy atom. The van der Waals surface area contributed by atoms with Gasteiger partial charge in [-0.25, -0.2) is 0 Å². The minimum Gasteiger partial charge on any atom is -0.456 e. The Kier molecular flexibility index (Phi) is 10.3. The van der Waals surface area contributed by atoms with Crippen LogP contribution >= 0.6 is 0 Å². The average molecular weight is 898 g/mol. The maximum atomic E-state index is 6.22. The third-order valence-electron chi connectivity index (χ3n) is 13.9. The molecule has 0 saturated carbocycles. The number of aromatic nitrogens is 1. The summed E-state index contributed by atoms with van der Waals surface area (Å²) in [6.45, 7) is 0.